The molecule has 4 nitrogen and oxygen atoms in total. The number of nitrogens with zero attached hydrogens (tertiary/aromatic N) is 4. The van der Waals surface area contributed by atoms with Crippen molar-refractivity contribution in [3.8, 4) is 11.3 Å². The SMILES string of the molecule is CC(C)n1c(C(F)(F)F)nc2c(-c3ccnc(Cl)n3)cccc21. The third-order valence-electron chi connectivity index (χ3n) is 3.39. The van der Waals surface area contributed by atoms with E-state index in [4.69, 9.17) is 11.6 Å². The van der Waals surface area contributed by atoms with E-state index in [1.165, 1.54) is 10.8 Å². The van der Waals surface area contributed by atoms with Gasteiger partial charge in [-0.1, -0.05) is 12.1 Å². The van der Waals surface area contributed by atoms with Crippen molar-refractivity contribution in [3.63, 3.8) is 0 Å². The van der Waals surface area contributed by atoms with Crippen LogP contribution in [0.15, 0.2) is 30.5 Å². The molecule has 0 saturated heterocycles. The lowest BCUT2D eigenvalue weighted by Crippen LogP contribution is -2.16. The molecule has 0 spiro atoms. The number of rotatable bonds is 2. The molecular formula is C15H12ClF3N4. The first-order chi connectivity index (χ1) is 10.8. The molecule has 0 fully saturated rings. The van der Waals surface area contributed by atoms with Crippen molar-refractivity contribution in [2.45, 2.75) is 26.1 Å². The highest BCUT2D eigenvalue weighted by Gasteiger charge is 2.38. The van der Waals surface area contributed by atoms with E-state index in [1.807, 2.05) is 0 Å². The summed E-state index contributed by atoms with van der Waals surface area (Å²) in [7, 11) is 0. The number of aromatic nitrogens is 4. The fraction of sp³-hybridized carbons (Fsp3) is 0.267. The molecule has 1 aromatic carbocycles. The number of alkyl halides is 3. The molecule has 120 valence electrons. The molecule has 0 radical (unpaired) electrons. The van der Waals surface area contributed by atoms with Gasteiger partial charge < -0.3 is 4.57 Å². The first-order valence-corrected chi connectivity index (χ1v) is 7.24. The molecule has 0 saturated carbocycles. The van der Waals surface area contributed by atoms with Crippen LogP contribution in [0.25, 0.3) is 22.3 Å². The minimum Gasteiger partial charge on any atom is -0.318 e. The maximum Gasteiger partial charge on any atom is 0.449 e. The molecule has 0 amide bonds. The summed E-state index contributed by atoms with van der Waals surface area (Å²) in [6, 6.07) is 6.15. The van der Waals surface area contributed by atoms with E-state index in [9.17, 15) is 13.2 Å². The minimum atomic E-state index is -4.54. The van der Waals surface area contributed by atoms with E-state index >= 15 is 0 Å². The Morgan fingerprint density at radius 3 is 2.48 bits per heavy atom. The summed E-state index contributed by atoms with van der Waals surface area (Å²) >= 11 is 5.78. The zero-order valence-electron chi connectivity index (χ0n) is 12.3. The molecule has 0 unspecified atom stereocenters. The second-order valence-electron chi connectivity index (χ2n) is 5.28. The number of benzene rings is 1. The minimum absolute atomic E-state index is 0.0267. The summed E-state index contributed by atoms with van der Waals surface area (Å²) in [5, 5.41) is 0.0267. The van der Waals surface area contributed by atoms with E-state index in [0.29, 0.717) is 16.8 Å². The van der Waals surface area contributed by atoms with Crippen LogP contribution in [-0.2, 0) is 6.18 Å². The molecule has 0 atom stereocenters. The second kappa shape index (κ2) is 5.49. The Hall–Kier alpha value is -2.15. The molecule has 0 bridgehead atoms. The van der Waals surface area contributed by atoms with Crippen molar-refractivity contribution in [2.75, 3.05) is 0 Å². The van der Waals surface area contributed by atoms with Crippen molar-refractivity contribution in [3.05, 3.63) is 41.6 Å². The predicted molar refractivity (Wildman–Crippen MR) is 81.2 cm³/mol. The number of fused-ring (bicyclic) bond motifs is 1. The molecule has 3 aromatic rings. The molecule has 0 aliphatic carbocycles. The summed E-state index contributed by atoms with van der Waals surface area (Å²) in [6.07, 6.45) is -3.09. The third-order valence-corrected chi connectivity index (χ3v) is 3.57. The van der Waals surface area contributed by atoms with Gasteiger partial charge in [0.2, 0.25) is 11.1 Å². The summed E-state index contributed by atoms with van der Waals surface area (Å²) in [4.78, 5) is 11.7. The Labute approximate surface area is 135 Å². The Balaban J connectivity index is 2.35. The summed E-state index contributed by atoms with van der Waals surface area (Å²) < 4.78 is 41.1. The highest BCUT2D eigenvalue weighted by molar-refractivity contribution is 6.28. The van der Waals surface area contributed by atoms with Gasteiger partial charge in [-0.3, -0.25) is 0 Å². The van der Waals surface area contributed by atoms with Gasteiger partial charge in [0, 0.05) is 17.8 Å². The van der Waals surface area contributed by atoms with Crippen LogP contribution in [0.4, 0.5) is 13.2 Å². The number of para-hydroxylation sites is 1. The van der Waals surface area contributed by atoms with Gasteiger partial charge in [0.05, 0.1) is 16.7 Å². The molecule has 0 aliphatic heterocycles. The van der Waals surface area contributed by atoms with Crippen LogP contribution in [0.3, 0.4) is 0 Å². The lowest BCUT2D eigenvalue weighted by Gasteiger charge is -2.14. The van der Waals surface area contributed by atoms with Crippen LogP contribution in [-0.4, -0.2) is 19.5 Å². The molecular weight excluding hydrogens is 329 g/mol. The molecule has 0 aliphatic rings. The average molecular weight is 341 g/mol. The summed E-state index contributed by atoms with van der Waals surface area (Å²) in [6.45, 7) is 3.37. The van der Waals surface area contributed by atoms with Gasteiger partial charge in [-0.15, -0.1) is 0 Å². The van der Waals surface area contributed by atoms with Gasteiger partial charge in [0.25, 0.3) is 0 Å². The standard InChI is InChI=1S/C15H12ClF3N4/c1-8(2)23-11-5-3-4-9(10-6-7-20-14(16)21-10)12(11)22-13(23)15(17,18)19/h3-8H,1-2H3. The van der Waals surface area contributed by atoms with E-state index in [0.717, 1.165) is 0 Å². The van der Waals surface area contributed by atoms with Gasteiger partial charge in [0.1, 0.15) is 0 Å². The second-order valence-corrected chi connectivity index (χ2v) is 5.62. The first kappa shape index (κ1) is 15.7. The Bertz CT molecular complexity index is 871. The first-order valence-electron chi connectivity index (χ1n) is 6.86. The third kappa shape index (κ3) is 2.76. The largest absolute Gasteiger partial charge is 0.449 e. The van der Waals surface area contributed by atoms with Gasteiger partial charge in [-0.2, -0.15) is 13.2 Å². The zero-order chi connectivity index (χ0) is 16.8. The lowest BCUT2D eigenvalue weighted by molar-refractivity contribution is -0.147. The molecule has 2 heterocycles. The van der Waals surface area contributed by atoms with E-state index in [-0.39, 0.29) is 16.8 Å². The zero-order valence-corrected chi connectivity index (χ0v) is 13.0. The van der Waals surface area contributed by atoms with Gasteiger partial charge in [0.15, 0.2) is 0 Å². The highest BCUT2D eigenvalue weighted by atomic mass is 35.5. The van der Waals surface area contributed by atoms with Crippen LogP contribution in [0.2, 0.25) is 5.28 Å². The van der Waals surface area contributed by atoms with Crippen molar-refractivity contribution in [1.82, 2.24) is 19.5 Å². The van der Waals surface area contributed by atoms with Gasteiger partial charge >= 0.3 is 6.18 Å². The molecule has 8 heteroatoms. The normalized spacial score (nSPS) is 12.3. The van der Waals surface area contributed by atoms with Crippen LogP contribution in [0, 0.1) is 0 Å². The summed E-state index contributed by atoms with van der Waals surface area (Å²) in [5.74, 6) is -0.921. The van der Waals surface area contributed by atoms with E-state index in [2.05, 4.69) is 15.0 Å². The smallest absolute Gasteiger partial charge is 0.318 e. The van der Waals surface area contributed by atoms with Crippen molar-refractivity contribution < 1.29 is 13.2 Å². The fourth-order valence-electron chi connectivity index (χ4n) is 2.53. The molecule has 3 rings (SSSR count). The number of hydrogen-bond acceptors (Lipinski definition) is 3. The fourth-order valence-corrected chi connectivity index (χ4v) is 2.68. The number of halogens is 4. The van der Waals surface area contributed by atoms with E-state index < -0.39 is 12.0 Å². The number of hydrogen-bond donors (Lipinski definition) is 0. The van der Waals surface area contributed by atoms with Crippen molar-refractivity contribution >= 4 is 22.6 Å². The highest BCUT2D eigenvalue weighted by Crippen LogP contribution is 2.36. The molecule has 0 N–H and O–H groups in total. The van der Waals surface area contributed by atoms with Crippen LogP contribution in [0.5, 0.6) is 0 Å². The monoisotopic (exact) mass is 340 g/mol. The lowest BCUT2D eigenvalue weighted by atomic mass is 10.1. The van der Waals surface area contributed by atoms with Crippen molar-refractivity contribution in [2.24, 2.45) is 0 Å². The molecule has 23 heavy (non-hydrogen) atoms. The van der Waals surface area contributed by atoms with Crippen molar-refractivity contribution in [1.29, 1.82) is 0 Å². The van der Waals surface area contributed by atoms with Crippen LogP contribution in [0.1, 0.15) is 25.7 Å². The topological polar surface area (TPSA) is 43.6 Å². The van der Waals surface area contributed by atoms with Crippen LogP contribution >= 0.6 is 11.6 Å². The summed E-state index contributed by atoms with van der Waals surface area (Å²) in [5.41, 5.74) is 1.55. The number of imidazole rings is 1. The predicted octanol–water partition coefficient (Wildman–Crippen LogP) is 4.75. The maximum atomic E-state index is 13.3. The Morgan fingerprint density at radius 2 is 1.87 bits per heavy atom. The van der Waals surface area contributed by atoms with E-state index in [1.54, 1.807) is 38.1 Å². The van der Waals surface area contributed by atoms with Gasteiger partial charge in [-0.05, 0) is 37.6 Å². The molecule has 2 aromatic heterocycles. The van der Waals surface area contributed by atoms with Crippen LogP contribution < -0.4 is 0 Å². The quantitative estimate of drug-likeness (QED) is 0.632. The van der Waals surface area contributed by atoms with Gasteiger partial charge in [-0.25, -0.2) is 15.0 Å². The average Bonchev–Trinajstić information content (AvgIpc) is 2.86. The Morgan fingerprint density at radius 1 is 1.13 bits per heavy atom. The Kier molecular flexibility index (Phi) is 3.75. The maximum absolute atomic E-state index is 13.3.